The summed E-state index contributed by atoms with van der Waals surface area (Å²) < 4.78 is 26.6. The molecule has 1 aliphatic heterocycles. The normalized spacial score (nSPS) is 16.2. The number of nitrogens with zero attached hydrogens (tertiary/aromatic N) is 3. The van der Waals surface area contributed by atoms with Crippen molar-refractivity contribution in [2.24, 2.45) is 0 Å². The number of benzene rings is 2. The summed E-state index contributed by atoms with van der Waals surface area (Å²) in [4.78, 5) is 28.4. The summed E-state index contributed by atoms with van der Waals surface area (Å²) >= 11 is 1.48. The molecule has 3 aromatic rings. The minimum atomic E-state index is -0.414. The van der Waals surface area contributed by atoms with Crippen molar-refractivity contribution in [3.8, 4) is 17.2 Å². The Morgan fingerprint density at radius 3 is 2.42 bits per heavy atom. The molecule has 0 saturated heterocycles. The Kier molecular flexibility index (Phi) is 8.77. The molecule has 1 N–H and O–H groups in total. The van der Waals surface area contributed by atoms with Gasteiger partial charge in [0.15, 0.2) is 11.5 Å². The SMILES string of the molecule is CCC(C)NC(=O)CN1C(=O)CSC(c2ccc(OC)c(OC)c2)c2c(C(C)(C)C)nn(-c3ccc(F)cc3)c21. The van der Waals surface area contributed by atoms with Crippen LogP contribution in [0.25, 0.3) is 5.69 Å². The molecule has 0 fully saturated rings. The number of amides is 2. The summed E-state index contributed by atoms with van der Waals surface area (Å²) in [5, 5.41) is 7.70. The van der Waals surface area contributed by atoms with Gasteiger partial charge in [-0.15, -0.1) is 11.8 Å². The van der Waals surface area contributed by atoms with E-state index in [-0.39, 0.29) is 41.2 Å². The predicted molar refractivity (Wildman–Crippen MR) is 156 cm³/mol. The summed E-state index contributed by atoms with van der Waals surface area (Å²) in [6.45, 7) is 9.95. The third-order valence-electron chi connectivity index (χ3n) is 6.90. The highest BCUT2D eigenvalue weighted by atomic mass is 32.2. The third kappa shape index (κ3) is 5.96. The van der Waals surface area contributed by atoms with Gasteiger partial charge < -0.3 is 14.8 Å². The lowest BCUT2D eigenvalue weighted by Crippen LogP contribution is -2.44. The lowest BCUT2D eigenvalue weighted by molar-refractivity contribution is -0.123. The second-order valence-corrected chi connectivity index (χ2v) is 12.0. The molecule has 0 spiro atoms. The highest BCUT2D eigenvalue weighted by Gasteiger charge is 2.40. The Hall–Kier alpha value is -3.53. The van der Waals surface area contributed by atoms with Crippen LogP contribution in [-0.4, -0.2) is 54.2 Å². The van der Waals surface area contributed by atoms with Gasteiger partial charge in [0.05, 0.1) is 36.6 Å². The van der Waals surface area contributed by atoms with Gasteiger partial charge in [0, 0.05) is 17.0 Å². The highest BCUT2D eigenvalue weighted by molar-refractivity contribution is 8.00. The third-order valence-corrected chi connectivity index (χ3v) is 8.16. The van der Waals surface area contributed by atoms with Crippen molar-refractivity contribution in [2.45, 2.75) is 57.7 Å². The van der Waals surface area contributed by atoms with E-state index in [4.69, 9.17) is 14.6 Å². The van der Waals surface area contributed by atoms with E-state index in [1.165, 1.54) is 28.8 Å². The Balaban J connectivity index is 1.99. The van der Waals surface area contributed by atoms with Gasteiger partial charge in [-0.2, -0.15) is 5.10 Å². The van der Waals surface area contributed by atoms with Crippen LogP contribution in [0.3, 0.4) is 0 Å². The van der Waals surface area contributed by atoms with Crippen LogP contribution in [0.15, 0.2) is 42.5 Å². The number of halogens is 1. The minimum absolute atomic E-state index is 0.0323. The number of fused-ring (bicyclic) bond motifs is 1. The molecule has 8 nitrogen and oxygen atoms in total. The van der Waals surface area contributed by atoms with E-state index in [1.54, 1.807) is 31.0 Å². The number of ether oxygens (including phenoxy) is 2. The van der Waals surface area contributed by atoms with Crippen LogP contribution >= 0.6 is 11.8 Å². The van der Waals surface area contributed by atoms with Gasteiger partial charge in [0.1, 0.15) is 18.2 Å². The fourth-order valence-corrected chi connectivity index (χ4v) is 5.87. The van der Waals surface area contributed by atoms with E-state index in [0.717, 1.165) is 23.2 Å². The second-order valence-electron chi connectivity index (χ2n) is 10.9. The molecule has 214 valence electrons. The molecule has 1 aromatic heterocycles. The molecule has 0 aliphatic carbocycles. The average molecular weight is 569 g/mol. The molecule has 0 bridgehead atoms. The zero-order valence-corrected chi connectivity index (χ0v) is 24.9. The molecule has 1 aliphatic rings. The van der Waals surface area contributed by atoms with Gasteiger partial charge in [-0.3, -0.25) is 14.5 Å². The van der Waals surface area contributed by atoms with E-state index >= 15 is 0 Å². The lowest BCUT2D eigenvalue weighted by Gasteiger charge is -2.25. The number of carbonyl (C=O) groups excluding carboxylic acids is 2. The maximum absolute atomic E-state index is 13.9. The van der Waals surface area contributed by atoms with Gasteiger partial charge in [0.2, 0.25) is 11.8 Å². The van der Waals surface area contributed by atoms with Crippen molar-refractivity contribution in [2.75, 3.05) is 31.4 Å². The molecule has 4 rings (SSSR count). The molecule has 10 heteroatoms. The standard InChI is InChI=1S/C30H37FN4O4S/c1-8-18(2)32-24(36)16-34-25(37)17-40-27(19-9-14-22(38-6)23(15-19)39-7)26-28(30(3,4)5)33-35(29(26)34)21-12-10-20(31)11-13-21/h9-15,18,27H,8,16-17H2,1-7H3,(H,32,36). The molecule has 2 unspecified atom stereocenters. The van der Waals surface area contributed by atoms with E-state index in [2.05, 4.69) is 26.1 Å². The number of aromatic nitrogens is 2. The fourth-order valence-electron chi connectivity index (χ4n) is 4.68. The van der Waals surface area contributed by atoms with Crippen molar-refractivity contribution in [1.82, 2.24) is 15.1 Å². The van der Waals surface area contributed by atoms with Gasteiger partial charge in [-0.05, 0) is 55.3 Å². The van der Waals surface area contributed by atoms with Crippen molar-refractivity contribution < 1.29 is 23.5 Å². The smallest absolute Gasteiger partial charge is 0.240 e. The Morgan fingerprint density at radius 1 is 1.15 bits per heavy atom. The maximum Gasteiger partial charge on any atom is 0.240 e. The maximum atomic E-state index is 13.9. The summed E-state index contributed by atoms with van der Waals surface area (Å²) in [5.74, 6) is 0.985. The number of nitrogens with one attached hydrogen (secondary N) is 1. The van der Waals surface area contributed by atoms with E-state index in [0.29, 0.717) is 23.0 Å². The summed E-state index contributed by atoms with van der Waals surface area (Å²) in [5.41, 5.74) is 2.69. The van der Waals surface area contributed by atoms with Crippen molar-refractivity contribution in [1.29, 1.82) is 0 Å². The Bertz CT molecular complexity index is 1380. The molecule has 2 aromatic carbocycles. The molecule has 2 amide bonds. The van der Waals surface area contributed by atoms with E-state index in [9.17, 15) is 14.0 Å². The zero-order chi connectivity index (χ0) is 29.2. The molecular formula is C30H37FN4O4S. The Morgan fingerprint density at radius 2 is 1.82 bits per heavy atom. The molecule has 2 atom stereocenters. The number of carbonyl (C=O) groups is 2. The molecular weight excluding hydrogens is 531 g/mol. The number of hydrogen-bond donors (Lipinski definition) is 1. The van der Waals surface area contributed by atoms with E-state index < -0.39 is 5.41 Å². The first-order chi connectivity index (χ1) is 19.0. The van der Waals surface area contributed by atoms with Crippen LogP contribution in [-0.2, 0) is 15.0 Å². The molecule has 2 heterocycles. The number of rotatable bonds is 8. The highest BCUT2D eigenvalue weighted by Crippen LogP contribution is 2.49. The van der Waals surface area contributed by atoms with Gasteiger partial charge in [-0.25, -0.2) is 9.07 Å². The summed E-state index contributed by atoms with van der Waals surface area (Å²) in [6.07, 6.45) is 0.768. The largest absolute Gasteiger partial charge is 0.493 e. The topological polar surface area (TPSA) is 85.7 Å². The monoisotopic (exact) mass is 568 g/mol. The van der Waals surface area contributed by atoms with Crippen LogP contribution in [0, 0.1) is 5.82 Å². The summed E-state index contributed by atoms with van der Waals surface area (Å²) in [7, 11) is 3.17. The average Bonchev–Trinajstić information content (AvgIpc) is 3.26. The van der Waals surface area contributed by atoms with Gasteiger partial charge in [0.25, 0.3) is 0 Å². The first-order valence-electron chi connectivity index (χ1n) is 13.3. The first-order valence-corrected chi connectivity index (χ1v) is 14.4. The van der Waals surface area contributed by atoms with Crippen LogP contribution in [0.1, 0.15) is 63.1 Å². The fraction of sp³-hybridized carbons (Fsp3) is 0.433. The van der Waals surface area contributed by atoms with Crippen LogP contribution in [0.5, 0.6) is 11.5 Å². The van der Waals surface area contributed by atoms with E-state index in [1.807, 2.05) is 32.0 Å². The van der Waals surface area contributed by atoms with Crippen LogP contribution in [0.2, 0.25) is 0 Å². The minimum Gasteiger partial charge on any atom is -0.493 e. The lowest BCUT2D eigenvalue weighted by atomic mass is 9.87. The first kappa shape index (κ1) is 29.5. The van der Waals surface area contributed by atoms with Crippen LogP contribution in [0.4, 0.5) is 10.2 Å². The second kappa shape index (κ2) is 11.9. The van der Waals surface area contributed by atoms with Crippen molar-refractivity contribution >= 4 is 29.4 Å². The number of hydrogen-bond acceptors (Lipinski definition) is 6. The molecule has 40 heavy (non-hydrogen) atoms. The predicted octanol–water partition coefficient (Wildman–Crippen LogP) is 5.41. The zero-order valence-electron chi connectivity index (χ0n) is 24.1. The van der Waals surface area contributed by atoms with Gasteiger partial charge >= 0.3 is 0 Å². The van der Waals surface area contributed by atoms with Crippen LogP contribution < -0.4 is 19.7 Å². The molecule has 0 radical (unpaired) electrons. The summed E-state index contributed by atoms with van der Waals surface area (Å²) in [6, 6.07) is 11.7. The number of methoxy groups -OCH3 is 2. The number of thioether (sulfide) groups is 1. The van der Waals surface area contributed by atoms with Crippen molar-refractivity contribution in [3.63, 3.8) is 0 Å². The quantitative estimate of drug-likeness (QED) is 0.391. The Labute approximate surface area is 239 Å². The molecule has 0 saturated carbocycles. The van der Waals surface area contributed by atoms with Gasteiger partial charge in [-0.1, -0.05) is 33.8 Å². The van der Waals surface area contributed by atoms with Crippen molar-refractivity contribution in [3.05, 3.63) is 65.1 Å². The number of anilines is 1.